The Morgan fingerprint density at radius 3 is 2.75 bits per heavy atom. The molecule has 0 aliphatic carbocycles. The van der Waals surface area contributed by atoms with Crippen molar-refractivity contribution in [2.24, 2.45) is 11.7 Å². The lowest BCUT2D eigenvalue weighted by Crippen LogP contribution is -2.42. The van der Waals surface area contributed by atoms with Crippen LogP contribution in [0.3, 0.4) is 0 Å². The van der Waals surface area contributed by atoms with Gasteiger partial charge >= 0.3 is 0 Å². The van der Waals surface area contributed by atoms with Gasteiger partial charge in [0.1, 0.15) is 5.01 Å². The summed E-state index contributed by atoms with van der Waals surface area (Å²) < 4.78 is 0. The first-order valence-corrected chi connectivity index (χ1v) is 8.99. The first-order chi connectivity index (χ1) is 11.5. The molecule has 0 saturated carbocycles. The molecule has 2 aromatic rings. The average molecular weight is 343 g/mol. The van der Waals surface area contributed by atoms with Gasteiger partial charge in [0.15, 0.2) is 0 Å². The van der Waals surface area contributed by atoms with Crippen molar-refractivity contribution in [2.75, 3.05) is 13.1 Å². The summed E-state index contributed by atoms with van der Waals surface area (Å²) in [5.41, 5.74) is 8.41. The van der Waals surface area contributed by atoms with Crippen LogP contribution < -0.4 is 5.73 Å². The number of carbonyl (C=O) groups is 2. The van der Waals surface area contributed by atoms with E-state index in [9.17, 15) is 9.59 Å². The monoisotopic (exact) mass is 343 g/mol. The molecule has 1 aliphatic rings. The third kappa shape index (κ3) is 3.82. The highest BCUT2D eigenvalue weighted by atomic mass is 32.1. The smallest absolute Gasteiger partial charge is 0.228 e. The molecular weight excluding hydrogens is 322 g/mol. The van der Waals surface area contributed by atoms with Gasteiger partial charge in [0.25, 0.3) is 0 Å². The van der Waals surface area contributed by atoms with Crippen LogP contribution in [-0.4, -0.2) is 34.8 Å². The Kier molecular flexibility index (Phi) is 4.94. The zero-order chi connectivity index (χ0) is 17.1. The van der Waals surface area contributed by atoms with Crippen LogP contribution in [-0.2, 0) is 16.0 Å². The number of piperidine rings is 1. The number of carbonyl (C=O) groups excluding carboxylic acids is 2. The summed E-state index contributed by atoms with van der Waals surface area (Å²) in [5, 5.41) is 2.89. The maximum atomic E-state index is 12.4. The average Bonchev–Trinajstić information content (AvgIpc) is 3.03. The molecular formula is C18H21N3O2S. The molecule has 3 rings (SSSR count). The number of nitrogens with zero attached hydrogens (tertiary/aromatic N) is 2. The first-order valence-electron chi connectivity index (χ1n) is 8.11. The van der Waals surface area contributed by atoms with E-state index >= 15 is 0 Å². The van der Waals surface area contributed by atoms with E-state index in [0.717, 1.165) is 16.3 Å². The fourth-order valence-electron chi connectivity index (χ4n) is 2.98. The van der Waals surface area contributed by atoms with Crippen molar-refractivity contribution in [3.63, 3.8) is 0 Å². The summed E-state index contributed by atoms with van der Waals surface area (Å²) in [4.78, 5) is 30.0. The van der Waals surface area contributed by atoms with E-state index in [0.29, 0.717) is 32.4 Å². The third-order valence-corrected chi connectivity index (χ3v) is 5.34. The lowest BCUT2D eigenvalue weighted by Gasteiger charge is -2.30. The molecule has 0 bridgehead atoms. The molecule has 1 aromatic carbocycles. The van der Waals surface area contributed by atoms with Crippen LogP contribution in [0, 0.1) is 12.8 Å². The van der Waals surface area contributed by atoms with Gasteiger partial charge < -0.3 is 10.6 Å². The van der Waals surface area contributed by atoms with Crippen molar-refractivity contribution in [3.05, 3.63) is 40.9 Å². The van der Waals surface area contributed by atoms with Crippen LogP contribution in [0.2, 0.25) is 0 Å². The Balaban J connectivity index is 1.61. The quantitative estimate of drug-likeness (QED) is 0.926. The fourth-order valence-corrected chi connectivity index (χ4v) is 3.80. The van der Waals surface area contributed by atoms with E-state index in [-0.39, 0.29) is 17.7 Å². The number of rotatable bonds is 4. The lowest BCUT2D eigenvalue weighted by atomic mass is 9.96. The molecule has 2 heterocycles. The summed E-state index contributed by atoms with van der Waals surface area (Å²) in [6.45, 7) is 3.25. The van der Waals surface area contributed by atoms with E-state index in [4.69, 9.17) is 5.73 Å². The van der Waals surface area contributed by atoms with E-state index < -0.39 is 0 Å². The highest BCUT2D eigenvalue weighted by Crippen LogP contribution is 2.25. The van der Waals surface area contributed by atoms with Gasteiger partial charge in [-0.25, -0.2) is 4.98 Å². The van der Waals surface area contributed by atoms with Gasteiger partial charge in [-0.15, -0.1) is 11.3 Å². The second kappa shape index (κ2) is 7.13. The van der Waals surface area contributed by atoms with E-state index in [1.165, 1.54) is 5.56 Å². The molecule has 1 fully saturated rings. The van der Waals surface area contributed by atoms with Gasteiger partial charge in [0.2, 0.25) is 11.8 Å². The van der Waals surface area contributed by atoms with Gasteiger partial charge in [0.05, 0.1) is 12.1 Å². The Bertz CT molecular complexity index is 748. The zero-order valence-corrected chi connectivity index (χ0v) is 14.5. The molecule has 0 radical (unpaired) electrons. The molecule has 126 valence electrons. The number of aromatic nitrogens is 1. The second-order valence-corrected chi connectivity index (χ2v) is 7.11. The van der Waals surface area contributed by atoms with Crippen molar-refractivity contribution in [2.45, 2.75) is 26.2 Å². The summed E-state index contributed by atoms with van der Waals surface area (Å²) in [5.74, 6) is -0.287. The van der Waals surface area contributed by atoms with Crippen LogP contribution in [0.15, 0.2) is 29.6 Å². The second-order valence-electron chi connectivity index (χ2n) is 6.25. The Labute approximate surface area is 145 Å². The summed E-state index contributed by atoms with van der Waals surface area (Å²) in [6, 6.07) is 8.20. The predicted molar refractivity (Wildman–Crippen MR) is 94.5 cm³/mol. The summed E-state index contributed by atoms with van der Waals surface area (Å²) in [6.07, 6.45) is 1.63. The van der Waals surface area contributed by atoms with E-state index in [2.05, 4.69) is 24.0 Å². The minimum Gasteiger partial charge on any atom is -0.369 e. The molecule has 5 nitrogen and oxygen atoms in total. The van der Waals surface area contributed by atoms with Crippen LogP contribution in [0.1, 0.15) is 24.1 Å². The Morgan fingerprint density at radius 2 is 2.08 bits per heavy atom. The maximum Gasteiger partial charge on any atom is 0.228 e. The Morgan fingerprint density at radius 1 is 1.33 bits per heavy atom. The van der Waals surface area contributed by atoms with Gasteiger partial charge in [-0.2, -0.15) is 0 Å². The van der Waals surface area contributed by atoms with Crippen molar-refractivity contribution in [1.29, 1.82) is 0 Å². The minimum atomic E-state index is -0.260. The number of thiazole rings is 1. The molecule has 2 N–H and O–H groups in total. The number of hydrogen-bond acceptors (Lipinski definition) is 4. The standard InChI is InChI=1S/C18H21N3O2S/c1-12-3-2-4-14(9-12)18-20-15(11-24-18)10-16(22)21-7-5-13(6-8-21)17(19)23/h2-4,9,11,13H,5-8,10H2,1H3,(H2,19,23). The topological polar surface area (TPSA) is 76.3 Å². The molecule has 1 saturated heterocycles. The molecule has 6 heteroatoms. The van der Waals surface area contributed by atoms with Gasteiger partial charge in [-0.05, 0) is 25.8 Å². The van der Waals surface area contributed by atoms with Crippen molar-refractivity contribution < 1.29 is 9.59 Å². The van der Waals surface area contributed by atoms with Gasteiger partial charge in [0, 0.05) is 30.0 Å². The highest BCUT2D eigenvalue weighted by molar-refractivity contribution is 7.13. The van der Waals surface area contributed by atoms with Crippen LogP contribution in [0.5, 0.6) is 0 Å². The van der Waals surface area contributed by atoms with Crippen molar-refractivity contribution >= 4 is 23.2 Å². The highest BCUT2D eigenvalue weighted by Gasteiger charge is 2.26. The number of aryl methyl sites for hydroxylation is 1. The minimum absolute atomic E-state index is 0.0685. The van der Waals surface area contributed by atoms with Gasteiger partial charge in [-0.3, -0.25) is 9.59 Å². The molecule has 24 heavy (non-hydrogen) atoms. The van der Waals surface area contributed by atoms with Crippen molar-refractivity contribution in [1.82, 2.24) is 9.88 Å². The number of benzene rings is 1. The summed E-state index contributed by atoms with van der Waals surface area (Å²) >= 11 is 1.56. The SMILES string of the molecule is Cc1cccc(-c2nc(CC(=O)N3CCC(C(N)=O)CC3)cs2)c1. The molecule has 0 atom stereocenters. The van der Waals surface area contributed by atoms with Crippen LogP contribution in [0.25, 0.3) is 10.6 Å². The molecule has 0 spiro atoms. The third-order valence-electron chi connectivity index (χ3n) is 4.40. The van der Waals surface area contributed by atoms with E-state index in [1.807, 2.05) is 22.4 Å². The molecule has 2 amide bonds. The van der Waals surface area contributed by atoms with Crippen LogP contribution >= 0.6 is 11.3 Å². The number of amides is 2. The van der Waals surface area contributed by atoms with Crippen LogP contribution in [0.4, 0.5) is 0 Å². The normalized spacial score (nSPS) is 15.5. The lowest BCUT2D eigenvalue weighted by molar-refractivity contribution is -0.134. The van der Waals surface area contributed by atoms with Crippen molar-refractivity contribution in [3.8, 4) is 10.6 Å². The fraction of sp³-hybridized carbons (Fsp3) is 0.389. The number of likely N-dealkylation sites (tertiary alicyclic amines) is 1. The maximum absolute atomic E-state index is 12.4. The van der Waals surface area contributed by atoms with E-state index in [1.54, 1.807) is 11.3 Å². The predicted octanol–water partition coefficient (Wildman–Crippen LogP) is 2.38. The molecule has 1 aromatic heterocycles. The number of hydrogen-bond donors (Lipinski definition) is 1. The van der Waals surface area contributed by atoms with Gasteiger partial charge in [-0.1, -0.05) is 23.8 Å². The summed E-state index contributed by atoms with van der Waals surface area (Å²) in [7, 11) is 0. The number of primary amides is 1. The number of nitrogens with two attached hydrogens (primary N) is 1. The Hall–Kier alpha value is -2.21. The first kappa shape index (κ1) is 16.6. The molecule has 0 unspecified atom stereocenters. The molecule has 1 aliphatic heterocycles. The largest absolute Gasteiger partial charge is 0.369 e. The zero-order valence-electron chi connectivity index (χ0n) is 13.7.